The number of anilines is 1. The monoisotopic (exact) mass is 409 g/mol. The van der Waals surface area contributed by atoms with Crippen LogP contribution < -0.4 is 5.32 Å². The third-order valence-corrected chi connectivity index (χ3v) is 7.51. The molecule has 5 rings (SSSR count). The van der Waals surface area contributed by atoms with E-state index in [1.807, 2.05) is 19.9 Å². The average molecular weight is 410 g/mol. The van der Waals surface area contributed by atoms with Crippen LogP contribution in [-0.4, -0.2) is 40.3 Å². The smallest absolute Gasteiger partial charge is 0.249 e. The molecule has 1 atom stereocenters. The number of hydrogen-bond acceptors (Lipinski definition) is 5. The first kappa shape index (κ1) is 19.8. The Hall–Kier alpha value is -2.18. The summed E-state index contributed by atoms with van der Waals surface area (Å²) in [7, 11) is 0. The fraction of sp³-hybridized carbons (Fsp3) is 0.583. The van der Waals surface area contributed by atoms with Crippen molar-refractivity contribution in [2.24, 2.45) is 5.92 Å². The number of aliphatic hydroxyl groups is 1. The summed E-state index contributed by atoms with van der Waals surface area (Å²) in [5, 5.41) is 17.5. The second kappa shape index (κ2) is 7.50. The van der Waals surface area contributed by atoms with Crippen LogP contribution in [0.3, 0.4) is 0 Å². The van der Waals surface area contributed by atoms with Crippen molar-refractivity contribution in [1.82, 2.24) is 10.1 Å². The molecule has 3 heterocycles. The van der Waals surface area contributed by atoms with Gasteiger partial charge in [0.25, 0.3) is 0 Å². The molecule has 0 spiro atoms. The number of fused-ring (bicyclic) bond motifs is 1. The van der Waals surface area contributed by atoms with Crippen LogP contribution in [0.15, 0.2) is 22.7 Å². The van der Waals surface area contributed by atoms with Crippen LogP contribution in [0.4, 0.5) is 5.69 Å². The van der Waals surface area contributed by atoms with E-state index in [1.54, 1.807) is 0 Å². The molecule has 6 heteroatoms. The Morgan fingerprint density at radius 3 is 2.53 bits per heavy atom. The van der Waals surface area contributed by atoms with Gasteiger partial charge >= 0.3 is 0 Å². The van der Waals surface area contributed by atoms with Crippen LogP contribution in [0, 0.1) is 19.8 Å². The van der Waals surface area contributed by atoms with Crippen molar-refractivity contribution >= 4 is 11.6 Å². The first-order valence-electron chi connectivity index (χ1n) is 11.3. The highest BCUT2D eigenvalue weighted by Crippen LogP contribution is 2.52. The van der Waals surface area contributed by atoms with E-state index in [2.05, 4.69) is 27.5 Å². The summed E-state index contributed by atoms with van der Waals surface area (Å²) in [5.74, 6) is 1.20. The summed E-state index contributed by atoms with van der Waals surface area (Å²) in [6.07, 6.45) is 6.93. The van der Waals surface area contributed by atoms with Crippen LogP contribution in [0.2, 0.25) is 0 Å². The summed E-state index contributed by atoms with van der Waals surface area (Å²) in [5.41, 5.74) is 4.31. The predicted octanol–water partition coefficient (Wildman–Crippen LogP) is 4.14. The number of aliphatic hydroxyl groups excluding tert-OH is 1. The fourth-order valence-corrected chi connectivity index (χ4v) is 6.08. The molecule has 2 fully saturated rings. The lowest BCUT2D eigenvalue weighted by Crippen LogP contribution is -2.58. The number of aryl methyl sites for hydroxylation is 2. The number of piperidine rings is 1. The highest BCUT2D eigenvalue weighted by Gasteiger charge is 2.56. The largest absolute Gasteiger partial charge is 0.393 e. The van der Waals surface area contributed by atoms with Gasteiger partial charge in [-0.25, -0.2) is 0 Å². The Morgan fingerprint density at radius 2 is 1.87 bits per heavy atom. The van der Waals surface area contributed by atoms with E-state index in [-0.39, 0.29) is 12.0 Å². The van der Waals surface area contributed by atoms with Gasteiger partial charge in [-0.2, -0.15) is 0 Å². The molecule has 3 aliphatic rings. The van der Waals surface area contributed by atoms with Gasteiger partial charge in [-0.05, 0) is 63.1 Å². The molecule has 1 aromatic carbocycles. The van der Waals surface area contributed by atoms with Crippen molar-refractivity contribution in [1.29, 1.82) is 0 Å². The average Bonchev–Trinajstić information content (AvgIpc) is 3.24. The number of nitrogens with one attached hydrogen (secondary N) is 1. The molecule has 1 saturated heterocycles. The number of rotatable bonds is 3. The van der Waals surface area contributed by atoms with Crippen LogP contribution in [0.1, 0.15) is 62.0 Å². The van der Waals surface area contributed by atoms with Gasteiger partial charge in [-0.15, -0.1) is 0 Å². The minimum atomic E-state index is -0.648. The van der Waals surface area contributed by atoms with Crippen molar-refractivity contribution in [3.63, 3.8) is 0 Å². The lowest BCUT2D eigenvalue weighted by molar-refractivity contribution is -0.135. The van der Waals surface area contributed by atoms with Crippen molar-refractivity contribution in [3.8, 4) is 11.1 Å². The zero-order chi connectivity index (χ0) is 20.9. The molecule has 6 nitrogen and oxygen atoms in total. The topological polar surface area (TPSA) is 78.6 Å². The molecule has 2 aliphatic heterocycles. The van der Waals surface area contributed by atoms with E-state index in [0.717, 1.165) is 72.6 Å². The number of benzene rings is 1. The first-order chi connectivity index (χ1) is 14.5. The third kappa shape index (κ3) is 2.92. The Bertz CT molecular complexity index is 935. The molecule has 1 amide bonds. The van der Waals surface area contributed by atoms with E-state index >= 15 is 0 Å². The molecule has 160 valence electrons. The maximum absolute atomic E-state index is 13.7. The van der Waals surface area contributed by atoms with Crippen molar-refractivity contribution < 1.29 is 14.4 Å². The number of nitrogens with zero attached hydrogens (tertiary/aromatic N) is 2. The standard InChI is InChI=1S/C24H31N3O3/c1-15-22(16(2)30-26-15)17-8-9-21-20(14-17)24(23(29)25-21,18-6-4-3-5-7-18)27-12-10-19(28)11-13-27/h8-9,14,18-19,28H,3-7,10-13H2,1-2H3,(H,25,29). The van der Waals surface area contributed by atoms with E-state index < -0.39 is 5.54 Å². The molecule has 2 aromatic rings. The highest BCUT2D eigenvalue weighted by molar-refractivity contribution is 6.06. The number of likely N-dealkylation sites (tertiary alicyclic amines) is 1. The van der Waals surface area contributed by atoms with Gasteiger partial charge in [0, 0.05) is 29.9 Å². The summed E-state index contributed by atoms with van der Waals surface area (Å²) in [6, 6.07) is 6.29. The second-order valence-corrected chi connectivity index (χ2v) is 9.23. The Morgan fingerprint density at radius 1 is 1.13 bits per heavy atom. The minimum absolute atomic E-state index is 0.108. The van der Waals surface area contributed by atoms with Crippen molar-refractivity contribution in [2.45, 2.75) is 70.4 Å². The van der Waals surface area contributed by atoms with Gasteiger partial charge in [0.1, 0.15) is 11.3 Å². The minimum Gasteiger partial charge on any atom is -0.393 e. The molecule has 1 saturated carbocycles. The number of amides is 1. The number of hydrogen-bond donors (Lipinski definition) is 2. The summed E-state index contributed by atoms with van der Waals surface area (Å²) in [6.45, 7) is 5.40. The fourth-order valence-electron chi connectivity index (χ4n) is 6.08. The van der Waals surface area contributed by atoms with Gasteiger partial charge in [-0.1, -0.05) is 30.5 Å². The molecular weight excluding hydrogens is 378 g/mol. The van der Waals surface area contributed by atoms with Crippen LogP contribution >= 0.6 is 0 Å². The number of carbonyl (C=O) groups excluding carboxylic acids is 1. The van der Waals surface area contributed by atoms with Crippen LogP contribution in [-0.2, 0) is 10.3 Å². The van der Waals surface area contributed by atoms with Gasteiger partial charge < -0.3 is 14.9 Å². The molecule has 2 N–H and O–H groups in total. The Kier molecular flexibility index (Phi) is 4.94. The summed E-state index contributed by atoms with van der Waals surface area (Å²) < 4.78 is 5.42. The normalized spacial score (nSPS) is 26.0. The first-order valence-corrected chi connectivity index (χ1v) is 11.3. The summed E-state index contributed by atoms with van der Waals surface area (Å²) >= 11 is 0. The predicted molar refractivity (Wildman–Crippen MR) is 115 cm³/mol. The maximum Gasteiger partial charge on any atom is 0.249 e. The highest BCUT2D eigenvalue weighted by atomic mass is 16.5. The lowest BCUT2D eigenvalue weighted by atomic mass is 9.69. The van der Waals surface area contributed by atoms with Crippen LogP contribution in [0.25, 0.3) is 11.1 Å². The molecule has 1 aliphatic carbocycles. The summed E-state index contributed by atoms with van der Waals surface area (Å²) in [4.78, 5) is 16.1. The maximum atomic E-state index is 13.7. The zero-order valence-corrected chi connectivity index (χ0v) is 17.9. The Balaban J connectivity index is 1.66. The van der Waals surface area contributed by atoms with Gasteiger partial charge in [0.2, 0.25) is 5.91 Å². The van der Waals surface area contributed by atoms with E-state index in [1.165, 1.54) is 19.3 Å². The lowest BCUT2D eigenvalue weighted by Gasteiger charge is -2.48. The molecule has 1 unspecified atom stereocenters. The van der Waals surface area contributed by atoms with Crippen molar-refractivity contribution in [3.05, 3.63) is 35.2 Å². The SMILES string of the molecule is Cc1noc(C)c1-c1ccc2c(c1)C(C1CCCCC1)(N1CCC(O)CC1)C(=O)N2. The molecular formula is C24H31N3O3. The van der Waals surface area contributed by atoms with Crippen LogP contribution in [0.5, 0.6) is 0 Å². The number of aromatic nitrogens is 1. The van der Waals surface area contributed by atoms with E-state index in [9.17, 15) is 9.90 Å². The number of carbonyl (C=O) groups is 1. The quantitative estimate of drug-likeness (QED) is 0.796. The molecule has 30 heavy (non-hydrogen) atoms. The third-order valence-electron chi connectivity index (χ3n) is 7.51. The van der Waals surface area contributed by atoms with Crippen molar-refractivity contribution in [2.75, 3.05) is 18.4 Å². The van der Waals surface area contributed by atoms with Gasteiger partial charge in [-0.3, -0.25) is 9.69 Å². The second-order valence-electron chi connectivity index (χ2n) is 9.23. The Labute approximate surface area is 177 Å². The molecule has 0 bridgehead atoms. The molecule has 1 aromatic heterocycles. The van der Waals surface area contributed by atoms with Gasteiger partial charge in [0.15, 0.2) is 0 Å². The van der Waals surface area contributed by atoms with Gasteiger partial charge in [0.05, 0.1) is 11.8 Å². The molecule has 0 radical (unpaired) electrons. The zero-order valence-electron chi connectivity index (χ0n) is 17.9. The van der Waals surface area contributed by atoms with E-state index in [4.69, 9.17) is 4.52 Å². The van der Waals surface area contributed by atoms with E-state index in [0.29, 0.717) is 5.92 Å².